The van der Waals surface area contributed by atoms with E-state index < -0.39 is 108 Å². The number of aromatic nitrogens is 1. The number of H-pyrrole nitrogens is 1. The lowest BCUT2D eigenvalue weighted by molar-refractivity contribution is -0.136. The fourth-order valence-corrected chi connectivity index (χ4v) is 7.96. The Kier molecular flexibility index (Phi) is 23.1. The summed E-state index contributed by atoms with van der Waals surface area (Å²) in [5, 5.41) is 46.7. The van der Waals surface area contributed by atoms with Crippen LogP contribution in [0.2, 0.25) is 1.41 Å². The number of aliphatic hydroxyl groups excluding tert-OH is 3. The number of rotatable bonds is 29. The number of aliphatic hydroxyl groups is 3. The quantitative estimate of drug-likeness (QED) is 0.0222. The van der Waals surface area contributed by atoms with E-state index in [0.717, 1.165) is 16.5 Å². The molecule has 0 aliphatic heterocycles. The standard InChI is InChI=1S/C49H68N10O10S2/c1-28(61)39(25-60)56-48(68)41(27-71)58-49(69)42(29(2)62)59-44(64)36(19-11-12-20-50)53-46(66)38(23-32-24-52-35-18-10-9-17-33(32)35)55-45(65)37(22-31-15-7-4-8-16-31)54-47(67)40(26-70)57-43(63)34(51)21-30-13-5-3-6-14-30/h3-10,13-18,24,28-29,34,36-42,52,60-62,70-71H,11-12,19-23,25-27,50-51H2,1-2H3,(H,53,66)(H,54,67)(H,55,65)(H,56,68)(H,57,63)(H,58,69)(H,59,64)/t28?,29-,34-,36+,37+,38+,39?,40+,41+,42+/m1/s1/i/hD. The smallest absolute Gasteiger partial charge is 0.245 e. The van der Waals surface area contributed by atoms with E-state index in [1.54, 1.807) is 66.9 Å². The number of para-hydroxylation sites is 1. The third-order valence-electron chi connectivity index (χ3n) is 11.6. The van der Waals surface area contributed by atoms with Gasteiger partial charge >= 0.3 is 0 Å². The molecule has 0 aliphatic carbocycles. The predicted octanol–water partition coefficient (Wildman–Crippen LogP) is -1.34. The summed E-state index contributed by atoms with van der Waals surface area (Å²) in [4.78, 5) is 101. The second-order valence-corrected chi connectivity index (χ2v) is 17.9. The zero-order valence-electron chi connectivity index (χ0n) is 40.7. The Morgan fingerprint density at radius 1 is 0.606 bits per heavy atom. The summed E-state index contributed by atoms with van der Waals surface area (Å²) in [6.45, 7) is 2.21. The molecule has 1 heterocycles. The number of hydrogen-bond acceptors (Lipinski definition) is 14. The molecule has 1 aromatic heterocycles. The van der Waals surface area contributed by atoms with E-state index in [9.17, 15) is 48.9 Å². The molecule has 0 spiro atoms. The van der Waals surface area contributed by atoms with Gasteiger partial charge in [0.05, 0.1) is 30.9 Å². The van der Waals surface area contributed by atoms with Crippen molar-refractivity contribution in [1.29, 1.82) is 0 Å². The first-order valence-corrected chi connectivity index (χ1v) is 24.6. The van der Waals surface area contributed by atoms with E-state index >= 15 is 0 Å². The monoisotopic (exact) mass is 1020 g/mol. The second-order valence-electron chi connectivity index (χ2n) is 17.2. The zero-order chi connectivity index (χ0) is 52.9. The fraction of sp³-hybridized carbons (Fsp3) is 0.449. The third-order valence-corrected chi connectivity index (χ3v) is 12.3. The summed E-state index contributed by atoms with van der Waals surface area (Å²) in [7, 11) is 0. The Hall–Kier alpha value is -6.01. The minimum atomic E-state index is -1.67. The number of benzene rings is 3. The first-order chi connectivity index (χ1) is 34.4. The highest BCUT2D eigenvalue weighted by Gasteiger charge is 2.35. The van der Waals surface area contributed by atoms with Crippen molar-refractivity contribution in [3.8, 4) is 0 Å². The van der Waals surface area contributed by atoms with Gasteiger partial charge in [0.25, 0.3) is 0 Å². The molecule has 0 saturated heterocycles. The van der Waals surface area contributed by atoms with E-state index in [-0.39, 0.29) is 43.7 Å². The fourth-order valence-electron chi connectivity index (χ4n) is 7.45. The van der Waals surface area contributed by atoms with Gasteiger partial charge in [-0.05, 0) is 68.8 Å². The molecule has 0 bridgehead atoms. The molecule has 10 atom stereocenters. The van der Waals surface area contributed by atoms with Crippen LogP contribution in [-0.2, 0) is 52.8 Å². The van der Waals surface area contributed by atoms with Gasteiger partial charge in [0.15, 0.2) is 1.41 Å². The van der Waals surface area contributed by atoms with E-state index in [1.165, 1.54) is 13.8 Å². The minimum absolute atomic E-state index is 0.0162. The second kappa shape index (κ2) is 29.4. The number of unbranched alkanes of at least 4 members (excludes halogenated alkanes) is 1. The Labute approximate surface area is 425 Å². The molecule has 15 N–H and O–H groups in total. The number of carbonyl (C=O) groups is 7. The lowest BCUT2D eigenvalue weighted by atomic mass is 10.0. The van der Waals surface area contributed by atoms with Crippen molar-refractivity contribution >= 4 is 77.5 Å². The summed E-state index contributed by atoms with van der Waals surface area (Å²) in [6, 6.07) is 13.8. The molecule has 4 aromatic rings. The van der Waals surface area contributed by atoms with Crippen LogP contribution in [0.3, 0.4) is 0 Å². The molecule has 3 aromatic carbocycles. The van der Waals surface area contributed by atoms with Gasteiger partial charge in [-0.3, -0.25) is 33.6 Å². The molecular weight excluding hydrogens is 953 g/mol. The lowest BCUT2D eigenvalue weighted by Crippen LogP contribution is -2.62. The number of amides is 7. The third kappa shape index (κ3) is 18.0. The van der Waals surface area contributed by atoms with Crippen molar-refractivity contribution < 1.29 is 50.3 Å². The molecule has 22 heteroatoms. The van der Waals surface area contributed by atoms with E-state index in [2.05, 4.69) is 62.1 Å². The van der Waals surface area contributed by atoms with E-state index in [4.69, 9.17) is 12.9 Å². The van der Waals surface area contributed by atoms with Crippen LogP contribution in [0, 0.1) is 0 Å². The normalized spacial score (nSPS) is 15.7. The van der Waals surface area contributed by atoms with Crippen LogP contribution in [0.25, 0.3) is 10.9 Å². The number of thiol groups is 2. The number of nitrogens with one attached hydrogen (secondary N) is 8. The molecule has 0 fully saturated rings. The highest BCUT2D eigenvalue weighted by atomic mass is 32.1. The van der Waals surface area contributed by atoms with Crippen LogP contribution in [0.4, 0.5) is 0 Å². The Balaban J connectivity index is 1.64. The zero-order valence-corrected chi connectivity index (χ0v) is 41.5. The summed E-state index contributed by atoms with van der Waals surface area (Å²) in [5.74, 6) is -6.66. The first kappa shape index (κ1) is 55.9. The lowest BCUT2D eigenvalue weighted by Gasteiger charge is -2.28. The number of hydrogen-bond donors (Lipinski definition) is 15. The number of aromatic amines is 1. The minimum Gasteiger partial charge on any atom is -0.394 e. The Bertz CT molecular complexity index is 2400. The van der Waals surface area contributed by atoms with Gasteiger partial charge in [0, 0.05) is 41.4 Å². The average Bonchev–Trinajstić information content (AvgIpc) is 3.78. The van der Waals surface area contributed by atoms with Gasteiger partial charge in [-0.25, -0.2) is 0 Å². The Morgan fingerprint density at radius 3 is 1.72 bits per heavy atom. The van der Waals surface area contributed by atoms with E-state index in [1.807, 2.05) is 24.3 Å². The molecular formula is C49H68N10O10S2. The molecule has 386 valence electrons. The SMILES string of the molecule is [2H]N(C(=O)[C@H](CS)NC(=O)[C@H](N)Cc1ccccc1)[C@@H](Cc1ccccc1)C(=O)N[C@@H](Cc1c[nH]c2ccccc12)C(=O)N[C@@H](CCCCN)C(=O)N[C@H](C(=O)N[C@@H](CS)C(=O)NC(CO)C(C)O)[C@@H](C)O. The van der Waals surface area contributed by atoms with Crippen molar-refractivity contribution in [1.82, 2.24) is 42.2 Å². The highest BCUT2D eigenvalue weighted by Crippen LogP contribution is 2.20. The topological polar surface area (TPSA) is 332 Å². The van der Waals surface area contributed by atoms with Crippen LogP contribution < -0.4 is 48.7 Å². The van der Waals surface area contributed by atoms with Crippen LogP contribution in [0.15, 0.2) is 91.1 Å². The summed E-state index contributed by atoms with van der Waals surface area (Å²) < 4.78 is 9.11. The number of nitrogens with two attached hydrogens (primary N) is 2. The molecule has 2 unspecified atom stereocenters. The average molecular weight is 1020 g/mol. The largest absolute Gasteiger partial charge is 0.394 e. The molecule has 0 aliphatic rings. The summed E-state index contributed by atoms with van der Waals surface area (Å²) in [6.07, 6.45) is -0.489. The maximum absolute atomic E-state index is 14.7. The first-order valence-electron chi connectivity index (χ1n) is 23.8. The molecule has 4 rings (SSSR count). The van der Waals surface area contributed by atoms with Gasteiger partial charge in [0.1, 0.15) is 36.3 Å². The van der Waals surface area contributed by atoms with Crippen molar-refractivity contribution in [3.05, 3.63) is 108 Å². The van der Waals surface area contributed by atoms with Crippen LogP contribution in [0.1, 0.15) is 49.8 Å². The van der Waals surface area contributed by atoms with Gasteiger partial charge in [-0.15, -0.1) is 0 Å². The van der Waals surface area contributed by atoms with Gasteiger partial charge in [-0.2, -0.15) is 25.3 Å². The van der Waals surface area contributed by atoms with Crippen LogP contribution in [0.5, 0.6) is 0 Å². The maximum atomic E-state index is 14.7. The van der Waals surface area contributed by atoms with Crippen molar-refractivity contribution in [2.45, 2.75) is 113 Å². The molecule has 71 heavy (non-hydrogen) atoms. The van der Waals surface area contributed by atoms with Crippen LogP contribution in [-0.4, -0.2) is 147 Å². The predicted molar refractivity (Wildman–Crippen MR) is 275 cm³/mol. The molecule has 0 radical (unpaired) electrons. The molecule has 7 amide bonds. The van der Waals surface area contributed by atoms with Gasteiger partial charge in [0.2, 0.25) is 41.4 Å². The Morgan fingerprint density at radius 2 is 1.13 bits per heavy atom. The maximum Gasteiger partial charge on any atom is 0.245 e. The van der Waals surface area contributed by atoms with Crippen LogP contribution >= 0.6 is 25.3 Å². The van der Waals surface area contributed by atoms with Gasteiger partial charge in [-0.1, -0.05) is 78.9 Å². The molecule has 0 saturated carbocycles. The molecule has 20 nitrogen and oxygen atoms in total. The van der Waals surface area contributed by atoms with E-state index in [0.29, 0.717) is 29.3 Å². The van der Waals surface area contributed by atoms with Gasteiger partial charge < -0.3 is 69.0 Å². The summed E-state index contributed by atoms with van der Waals surface area (Å²) >= 11 is 8.43. The van der Waals surface area contributed by atoms with Crippen molar-refractivity contribution in [3.63, 3.8) is 0 Å². The summed E-state index contributed by atoms with van der Waals surface area (Å²) in [5.41, 5.74) is 14.6. The number of fused-ring (bicyclic) bond motifs is 1. The van der Waals surface area contributed by atoms with Crippen molar-refractivity contribution in [2.75, 3.05) is 24.7 Å². The van der Waals surface area contributed by atoms with Crippen molar-refractivity contribution in [2.24, 2.45) is 11.5 Å². The highest BCUT2D eigenvalue weighted by molar-refractivity contribution is 7.80. The number of carbonyl (C=O) groups excluding carboxylic acids is 7.